The first-order chi connectivity index (χ1) is 27.7. The Morgan fingerprint density at radius 2 is 1.18 bits per heavy atom. The molecule has 0 radical (unpaired) electrons. The molecule has 4 nitrogen and oxygen atoms in total. The molecule has 0 spiro atoms. The van der Waals surface area contributed by atoms with E-state index in [4.69, 9.17) is 4.98 Å². The third-order valence-corrected chi connectivity index (χ3v) is 11.8. The van der Waals surface area contributed by atoms with Crippen molar-refractivity contribution in [2.24, 2.45) is 0 Å². The predicted molar refractivity (Wildman–Crippen MR) is 238 cm³/mol. The van der Waals surface area contributed by atoms with Crippen molar-refractivity contribution in [3.63, 3.8) is 0 Å². The Balaban J connectivity index is 0.00000544. The van der Waals surface area contributed by atoms with E-state index in [9.17, 15) is 13.2 Å². The van der Waals surface area contributed by atoms with Crippen LogP contribution in [0.2, 0.25) is 0 Å². The van der Waals surface area contributed by atoms with Crippen LogP contribution in [-0.4, -0.2) is 4.98 Å². The number of rotatable bonds is 5. The molecule has 0 saturated heterocycles. The monoisotopic (exact) mass is 911 g/mol. The van der Waals surface area contributed by atoms with E-state index in [0.717, 1.165) is 49.5 Å². The van der Waals surface area contributed by atoms with Crippen LogP contribution in [0.3, 0.4) is 0 Å². The third-order valence-electron chi connectivity index (χ3n) is 10.9. The third kappa shape index (κ3) is 8.68. The van der Waals surface area contributed by atoms with E-state index in [1.165, 1.54) is 29.0 Å². The first kappa shape index (κ1) is 43.3. The second-order valence-electron chi connectivity index (χ2n) is 18.3. The number of nitrogens with zero attached hydrogens (tertiary/aromatic N) is 4. The summed E-state index contributed by atoms with van der Waals surface area (Å²) in [5.74, 6) is 0.516. The molecule has 5 aromatic carbocycles. The maximum absolute atomic E-state index is 14.4. The van der Waals surface area contributed by atoms with Crippen LogP contribution in [0, 0.1) is 18.8 Å². The SMILES string of the molecule is CC(C)(C)c1cc(N2C=CN(c3[c-]c(Sc4[c-]c5c(cc4)-c4ccccc4-c4ccc(C(F)(F)F)cc4N5c4cc(C(C)(C)C)ccn4)ccc3)[CH-]2)cc(C(C)(C)C)c1.[Pd]. The summed E-state index contributed by atoms with van der Waals surface area (Å²) in [6.45, 7) is 21.9. The number of benzene rings is 5. The Labute approximate surface area is 371 Å². The normalized spacial score (nSPS) is 14.0. The number of aromatic nitrogens is 1. The van der Waals surface area contributed by atoms with Gasteiger partial charge in [-0.1, -0.05) is 110 Å². The standard InChI is InChI=1S/C51H48F3N4S.Pd/c1-48(2,3)33-21-22-55-47(29-33)58-45-28-34(51(52,53)54)17-19-43(45)41-15-10-11-16-42(41)44-20-18-40(31-46(44)58)59-39-14-12-13-37(30-39)56-23-24-57(32-56)38-26-35(49(4,5)6)25-36(27-38)50(7,8)9;/h10-29,32H,1-9H3;/q-3;. The second kappa shape index (κ2) is 15.9. The van der Waals surface area contributed by atoms with E-state index in [1.54, 1.807) is 12.3 Å². The molecule has 0 bridgehead atoms. The Kier molecular flexibility index (Phi) is 11.5. The van der Waals surface area contributed by atoms with Gasteiger partial charge in [0.25, 0.3) is 0 Å². The van der Waals surface area contributed by atoms with Crippen LogP contribution in [0.1, 0.15) is 84.6 Å². The summed E-state index contributed by atoms with van der Waals surface area (Å²) in [6.07, 6.45) is 1.30. The van der Waals surface area contributed by atoms with Gasteiger partial charge in [-0.3, -0.25) is 0 Å². The van der Waals surface area contributed by atoms with Crippen molar-refractivity contribution < 1.29 is 33.6 Å². The van der Waals surface area contributed by atoms with Gasteiger partial charge in [0.05, 0.1) is 11.3 Å². The average Bonchev–Trinajstić information content (AvgIpc) is 3.64. The van der Waals surface area contributed by atoms with Crippen molar-refractivity contribution in [2.45, 2.75) is 94.5 Å². The second-order valence-corrected chi connectivity index (χ2v) is 19.4. The number of pyridine rings is 1. The number of anilines is 5. The Morgan fingerprint density at radius 3 is 1.83 bits per heavy atom. The minimum atomic E-state index is -4.54. The van der Waals surface area contributed by atoms with E-state index in [0.29, 0.717) is 22.8 Å². The van der Waals surface area contributed by atoms with Gasteiger partial charge in [-0.2, -0.15) is 43.5 Å². The van der Waals surface area contributed by atoms with Crippen molar-refractivity contribution in [2.75, 3.05) is 14.7 Å². The summed E-state index contributed by atoms with van der Waals surface area (Å²) >= 11 is 1.50. The molecular formula is C51H48F3N4PdS-3. The number of alkyl halides is 3. The van der Waals surface area contributed by atoms with Gasteiger partial charge in [0, 0.05) is 37.9 Å². The summed E-state index contributed by atoms with van der Waals surface area (Å²) in [5.41, 5.74) is 8.87. The molecule has 0 N–H and O–H groups in total. The van der Waals surface area contributed by atoms with Crippen molar-refractivity contribution >= 4 is 40.3 Å². The van der Waals surface area contributed by atoms with Crippen molar-refractivity contribution in [3.8, 4) is 22.3 Å². The molecule has 2 aliphatic heterocycles. The smallest absolute Gasteiger partial charge is 0.416 e. The van der Waals surface area contributed by atoms with Crippen LogP contribution < -0.4 is 14.7 Å². The van der Waals surface area contributed by atoms with Gasteiger partial charge >= 0.3 is 6.18 Å². The van der Waals surface area contributed by atoms with E-state index in [1.807, 2.05) is 77.8 Å². The summed E-state index contributed by atoms with van der Waals surface area (Å²) in [4.78, 5) is 12.5. The van der Waals surface area contributed by atoms with Gasteiger partial charge in [-0.15, -0.1) is 51.6 Å². The van der Waals surface area contributed by atoms with Gasteiger partial charge in [-0.25, -0.2) is 4.98 Å². The molecule has 0 saturated carbocycles. The number of hydrogen-bond acceptors (Lipinski definition) is 5. The fraction of sp³-hybridized carbons (Fsp3) is 0.255. The number of fused-ring (bicyclic) bond motifs is 5. The average molecular weight is 912 g/mol. The zero-order valence-electron chi connectivity index (χ0n) is 35.3. The molecule has 3 heterocycles. The summed E-state index contributed by atoms with van der Waals surface area (Å²) in [5, 5.41) is 0. The zero-order valence-corrected chi connectivity index (χ0v) is 37.6. The van der Waals surface area contributed by atoms with E-state index in [-0.39, 0.29) is 36.7 Å². The molecule has 9 heteroatoms. The van der Waals surface area contributed by atoms with E-state index in [2.05, 4.69) is 115 Å². The molecule has 0 atom stereocenters. The minimum absolute atomic E-state index is 0. The minimum Gasteiger partial charge on any atom is -0.500 e. The summed E-state index contributed by atoms with van der Waals surface area (Å²) in [7, 11) is 0. The molecule has 1 aromatic heterocycles. The molecule has 8 rings (SSSR count). The summed E-state index contributed by atoms with van der Waals surface area (Å²) in [6, 6.07) is 40.0. The van der Waals surface area contributed by atoms with Crippen LogP contribution in [0.5, 0.6) is 0 Å². The molecule has 2 aliphatic rings. The van der Waals surface area contributed by atoms with Crippen molar-refractivity contribution in [1.29, 1.82) is 0 Å². The fourth-order valence-corrected chi connectivity index (χ4v) is 8.22. The fourth-order valence-electron chi connectivity index (χ4n) is 7.40. The van der Waals surface area contributed by atoms with Crippen LogP contribution >= 0.6 is 11.8 Å². The van der Waals surface area contributed by atoms with Crippen LogP contribution in [-0.2, 0) is 42.8 Å². The van der Waals surface area contributed by atoms with Gasteiger partial charge in [-0.05, 0) is 87.3 Å². The summed E-state index contributed by atoms with van der Waals surface area (Å²) < 4.78 is 43.2. The van der Waals surface area contributed by atoms with Crippen LogP contribution in [0.4, 0.5) is 41.7 Å². The quantitative estimate of drug-likeness (QED) is 0.126. The van der Waals surface area contributed by atoms with Crippen molar-refractivity contribution in [3.05, 3.63) is 163 Å². The van der Waals surface area contributed by atoms with Gasteiger partial charge in [0.1, 0.15) is 5.82 Å². The molecule has 0 aliphatic carbocycles. The van der Waals surface area contributed by atoms with Crippen molar-refractivity contribution in [1.82, 2.24) is 4.98 Å². The zero-order chi connectivity index (χ0) is 42.1. The van der Waals surface area contributed by atoms with E-state index < -0.39 is 11.7 Å². The Bertz CT molecular complexity index is 2560. The maximum atomic E-state index is 14.4. The molecule has 6 aromatic rings. The molecule has 0 fully saturated rings. The molecule has 60 heavy (non-hydrogen) atoms. The molecule has 0 amide bonds. The maximum Gasteiger partial charge on any atom is 0.416 e. The Hall–Kier alpha value is -4.81. The molecular weight excluding hydrogens is 864 g/mol. The van der Waals surface area contributed by atoms with E-state index >= 15 is 0 Å². The predicted octanol–water partition coefficient (Wildman–Crippen LogP) is 14.8. The Morgan fingerprint density at radius 1 is 0.567 bits per heavy atom. The van der Waals surface area contributed by atoms with Crippen LogP contribution in [0.15, 0.2) is 132 Å². The molecule has 0 unspecified atom stereocenters. The topological polar surface area (TPSA) is 22.6 Å². The molecule has 312 valence electrons. The van der Waals surface area contributed by atoms with Gasteiger partial charge in [0.2, 0.25) is 0 Å². The van der Waals surface area contributed by atoms with Crippen LogP contribution in [0.25, 0.3) is 22.3 Å². The largest absolute Gasteiger partial charge is 0.500 e. The first-order valence-electron chi connectivity index (χ1n) is 19.8. The van der Waals surface area contributed by atoms with Gasteiger partial charge in [0.15, 0.2) is 0 Å². The first-order valence-corrected chi connectivity index (χ1v) is 20.7. The number of hydrogen-bond donors (Lipinski definition) is 0. The van der Waals surface area contributed by atoms with Gasteiger partial charge < -0.3 is 14.7 Å². The number of halogens is 3.